The van der Waals surface area contributed by atoms with E-state index < -0.39 is 36.0 Å². The normalized spacial score (nSPS) is 23.6. The maximum Gasteiger partial charge on any atom is 0.336 e. The Kier molecular flexibility index (Phi) is 12.9. The number of hydrogen-bond donors (Lipinski definition) is 3. The molecule has 0 aliphatic carbocycles. The van der Waals surface area contributed by atoms with Crippen LogP contribution in [0.4, 0.5) is 0 Å². The summed E-state index contributed by atoms with van der Waals surface area (Å²) in [6.45, 7) is 8.98. The predicted octanol–water partition coefficient (Wildman–Crippen LogP) is 2.82. The molecule has 3 N–H and O–H groups in total. The summed E-state index contributed by atoms with van der Waals surface area (Å²) in [5, 5.41) is 29.5. The van der Waals surface area contributed by atoms with Crippen LogP contribution in [0.5, 0.6) is 11.5 Å². The van der Waals surface area contributed by atoms with Crippen LogP contribution < -0.4 is 10.4 Å². The monoisotopic (exact) mass is 587 g/mol. The standard InChI is InChI=1S/C14H27NO6.C14H14O4.ClH/c1-14(2)20-12-11(18-7-5-6-15(3)4)10(9(17)8-16)19-13(12)21-14;1-9(2)5-6-17-13-8-12-10(7-11(13)15)3-4-14(16)18-12;/h9-13,16-17H,5-8H2,1-4H3;3-5,7-8,15H,6H2,1-2H3;1H. The van der Waals surface area contributed by atoms with Gasteiger partial charge in [0.05, 0.1) is 6.61 Å². The molecule has 5 atom stereocenters. The topological polar surface area (TPSA) is 140 Å². The first kappa shape index (κ1) is 34.0. The molecule has 2 aliphatic heterocycles. The van der Waals surface area contributed by atoms with E-state index in [1.165, 1.54) is 18.2 Å². The predicted molar refractivity (Wildman–Crippen MR) is 151 cm³/mol. The fraction of sp³-hybridized carbons (Fsp3) is 0.607. The van der Waals surface area contributed by atoms with Gasteiger partial charge in [-0.3, -0.25) is 0 Å². The van der Waals surface area contributed by atoms with Crippen molar-refractivity contribution in [3.63, 3.8) is 0 Å². The molecule has 3 heterocycles. The second kappa shape index (κ2) is 15.1. The van der Waals surface area contributed by atoms with Crippen LogP contribution in [0.25, 0.3) is 11.0 Å². The molecular weight excluding hydrogens is 546 g/mol. The van der Waals surface area contributed by atoms with Gasteiger partial charge in [-0.15, -0.1) is 12.4 Å². The molecule has 40 heavy (non-hydrogen) atoms. The number of aromatic hydroxyl groups is 1. The largest absolute Gasteiger partial charge is 0.504 e. The fourth-order valence-corrected chi connectivity index (χ4v) is 4.21. The molecule has 5 unspecified atom stereocenters. The summed E-state index contributed by atoms with van der Waals surface area (Å²) in [6, 6.07) is 5.94. The van der Waals surface area contributed by atoms with Crippen LogP contribution in [-0.2, 0) is 18.9 Å². The van der Waals surface area contributed by atoms with Crippen LogP contribution in [0.3, 0.4) is 0 Å². The first-order valence-corrected chi connectivity index (χ1v) is 13.0. The molecule has 2 saturated heterocycles. The number of rotatable bonds is 10. The SMILES string of the molecule is CC(C)=CCOc1cc2oc(=O)ccc2cc1O.CN(C)CCCOC1C(C(O)CO)OC2OC(C)(C)OC21.Cl. The maximum absolute atomic E-state index is 11.1. The van der Waals surface area contributed by atoms with E-state index in [-0.39, 0.29) is 30.9 Å². The van der Waals surface area contributed by atoms with Crippen molar-refractivity contribution in [3.05, 3.63) is 46.3 Å². The minimum Gasteiger partial charge on any atom is -0.504 e. The summed E-state index contributed by atoms with van der Waals surface area (Å²) in [4.78, 5) is 13.2. The van der Waals surface area contributed by atoms with Crippen molar-refractivity contribution in [2.24, 2.45) is 0 Å². The summed E-state index contributed by atoms with van der Waals surface area (Å²) >= 11 is 0. The van der Waals surface area contributed by atoms with Crippen LogP contribution in [0.1, 0.15) is 34.1 Å². The highest BCUT2D eigenvalue weighted by molar-refractivity contribution is 5.85. The van der Waals surface area contributed by atoms with E-state index in [1.54, 1.807) is 6.07 Å². The van der Waals surface area contributed by atoms with Gasteiger partial charge in [0.2, 0.25) is 0 Å². The van der Waals surface area contributed by atoms with Gasteiger partial charge >= 0.3 is 5.63 Å². The first-order chi connectivity index (χ1) is 18.4. The van der Waals surface area contributed by atoms with Crippen molar-refractivity contribution < 1.29 is 43.4 Å². The third-order valence-corrected chi connectivity index (χ3v) is 6.08. The smallest absolute Gasteiger partial charge is 0.336 e. The van der Waals surface area contributed by atoms with Crippen LogP contribution in [0, 0.1) is 0 Å². The quantitative estimate of drug-likeness (QED) is 0.215. The van der Waals surface area contributed by atoms with Gasteiger partial charge in [-0.05, 0) is 73.0 Å². The van der Waals surface area contributed by atoms with Gasteiger partial charge in [-0.25, -0.2) is 4.79 Å². The third-order valence-electron chi connectivity index (χ3n) is 6.08. The lowest BCUT2D eigenvalue weighted by atomic mass is 10.1. The number of benzene rings is 1. The van der Waals surface area contributed by atoms with Crippen molar-refractivity contribution in [2.45, 2.75) is 70.6 Å². The second-order valence-corrected chi connectivity index (χ2v) is 10.5. The number of ether oxygens (including phenoxy) is 5. The molecule has 1 aromatic carbocycles. The molecule has 11 nitrogen and oxygen atoms in total. The average molecular weight is 588 g/mol. The number of allylic oxidation sites excluding steroid dienone is 1. The van der Waals surface area contributed by atoms with Crippen molar-refractivity contribution in [1.82, 2.24) is 4.90 Å². The van der Waals surface area contributed by atoms with Crippen molar-refractivity contribution in [2.75, 3.05) is 40.5 Å². The van der Waals surface area contributed by atoms with E-state index in [2.05, 4.69) is 4.90 Å². The number of nitrogens with zero attached hydrogens (tertiary/aromatic N) is 1. The molecule has 2 aromatic rings. The van der Waals surface area contributed by atoms with E-state index in [0.717, 1.165) is 18.5 Å². The third kappa shape index (κ3) is 9.42. The van der Waals surface area contributed by atoms with Crippen LogP contribution in [0.2, 0.25) is 0 Å². The number of hydrogen-bond acceptors (Lipinski definition) is 11. The molecule has 1 aromatic heterocycles. The Morgan fingerprint density at radius 3 is 2.58 bits per heavy atom. The minimum absolute atomic E-state index is 0. The summed E-state index contributed by atoms with van der Waals surface area (Å²) in [7, 11) is 4.01. The van der Waals surface area contributed by atoms with Gasteiger partial charge in [0.15, 0.2) is 23.6 Å². The molecular formula is C28H42ClNO10. The summed E-state index contributed by atoms with van der Waals surface area (Å²) in [6.07, 6.45) is -0.278. The van der Waals surface area contributed by atoms with Crippen LogP contribution >= 0.6 is 12.4 Å². The molecule has 4 rings (SSSR count). The summed E-state index contributed by atoms with van der Waals surface area (Å²) in [5.41, 5.74) is 1.10. The molecule has 2 fully saturated rings. The Hall–Kier alpha value is -2.22. The molecule has 0 bridgehead atoms. The number of phenols is 1. The van der Waals surface area contributed by atoms with Crippen LogP contribution in [-0.4, -0.2) is 97.2 Å². The lowest BCUT2D eigenvalue weighted by Gasteiger charge is -2.28. The molecule has 0 amide bonds. The van der Waals surface area contributed by atoms with E-state index in [1.807, 2.05) is 47.9 Å². The Morgan fingerprint density at radius 2 is 1.93 bits per heavy atom. The number of aliphatic hydroxyl groups excluding tert-OH is 2. The average Bonchev–Trinajstić information content (AvgIpc) is 3.33. The van der Waals surface area contributed by atoms with Gasteiger partial charge in [0.25, 0.3) is 0 Å². The Morgan fingerprint density at radius 1 is 1.20 bits per heavy atom. The summed E-state index contributed by atoms with van der Waals surface area (Å²) in [5.74, 6) is -0.400. The molecule has 12 heteroatoms. The zero-order valence-corrected chi connectivity index (χ0v) is 24.7. The van der Waals surface area contributed by atoms with E-state index in [9.17, 15) is 15.0 Å². The maximum atomic E-state index is 11.1. The van der Waals surface area contributed by atoms with E-state index >= 15 is 0 Å². The number of halogens is 1. The molecule has 0 spiro atoms. The fourth-order valence-electron chi connectivity index (χ4n) is 4.21. The van der Waals surface area contributed by atoms with Gasteiger partial charge < -0.3 is 48.3 Å². The highest BCUT2D eigenvalue weighted by Gasteiger charge is 2.56. The van der Waals surface area contributed by atoms with E-state index in [4.69, 9.17) is 33.2 Å². The zero-order chi connectivity index (χ0) is 28.7. The highest BCUT2D eigenvalue weighted by Crippen LogP contribution is 2.39. The van der Waals surface area contributed by atoms with Crippen molar-refractivity contribution in [3.8, 4) is 11.5 Å². The Bertz CT molecular complexity index is 1160. The summed E-state index contributed by atoms with van der Waals surface area (Å²) < 4.78 is 33.4. The minimum atomic E-state index is -1.01. The van der Waals surface area contributed by atoms with Gasteiger partial charge in [-0.1, -0.05) is 5.57 Å². The molecule has 0 saturated carbocycles. The lowest BCUT2D eigenvalue weighted by molar-refractivity contribution is -0.231. The van der Waals surface area contributed by atoms with Crippen molar-refractivity contribution in [1.29, 1.82) is 0 Å². The first-order valence-electron chi connectivity index (χ1n) is 13.0. The van der Waals surface area contributed by atoms with Gasteiger partial charge in [0, 0.05) is 24.1 Å². The molecule has 2 aliphatic rings. The Balaban J connectivity index is 0.000000276. The van der Waals surface area contributed by atoms with Gasteiger partial charge in [0.1, 0.15) is 36.6 Å². The second-order valence-electron chi connectivity index (χ2n) is 10.5. The Labute approximate surface area is 240 Å². The number of aliphatic hydroxyl groups is 2. The highest BCUT2D eigenvalue weighted by atomic mass is 35.5. The molecule has 226 valence electrons. The zero-order valence-electron chi connectivity index (χ0n) is 23.9. The van der Waals surface area contributed by atoms with Crippen molar-refractivity contribution >= 4 is 23.4 Å². The molecule has 0 radical (unpaired) electrons. The lowest BCUT2D eigenvalue weighted by Crippen LogP contribution is -2.44. The van der Waals surface area contributed by atoms with Gasteiger partial charge in [-0.2, -0.15) is 0 Å². The van der Waals surface area contributed by atoms with E-state index in [0.29, 0.717) is 29.9 Å². The number of fused-ring (bicyclic) bond motifs is 2. The number of phenolic OH excluding ortho intramolecular Hbond substituents is 1. The van der Waals surface area contributed by atoms with Crippen LogP contribution in [0.15, 0.2) is 45.1 Å².